The summed E-state index contributed by atoms with van der Waals surface area (Å²) >= 11 is 0. The summed E-state index contributed by atoms with van der Waals surface area (Å²) in [5.74, 6) is -0.642. The molecule has 0 aromatic rings. The Morgan fingerprint density at radius 3 is 0.950 bits per heavy atom. The molecule has 6 atom stereocenters. The minimum atomic E-state index is -4.94. The van der Waals surface area contributed by atoms with Crippen molar-refractivity contribution in [1.29, 1.82) is 0 Å². The van der Waals surface area contributed by atoms with Gasteiger partial charge in [0.2, 0.25) is 0 Å². The zero-order chi connectivity index (χ0) is 59.4. The molecule has 0 rings (SSSR count). The molecule has 0 spiro atoms. The van der Waals surface area contributed by atoms with Crippen LogP contribution in [-0.4, -0.2) is 96.7 Å². The fourth-order valence-corrected chi connectivity index (χ4v) is 10.5. The minimum absolute atomic E-state index is 0.105. The number of carbonyl (C=O) groups excluding carboxylic acids is 4. The fraction of sp³-hybridized carbons (Fsp3) is 0.934. The van der Waals surface area contributed by atoms with Crippen LogP contribution in [0, 0.1) is 11.8 Å². The smallest absolute Gasteiger partial charge is 0.462 e. The van der Waals surface area contributed by atoms with Crippen LogP contribution in [0.15, 0.2) is 0 Å². The monoisotopic (exact) mass is 1180 g/mol. The van der Waals surface area contributed by atoms with Gasteiger partial charge in [0.25, 0.3) is 0 Å². The van der Waals surface area contributed by atoms with Gasteiger partial charge < -0.3 is 33.8 Å². The van der Waals surface area contributed by atoms with Crippen molar-refractivity contribution in [3.05, 3.63) is 0 Å². The number of hydrogen-bond donors (Lipinski definition) is 3. The Hall–Kier alpha value is -1.94. The van der Waals surface area contributed by atoms with E-state index in [1.54, 1.807) is 0 Å². The van der Waals surface area contributed by atoms with E-state index < -0.39 is 97.5 Å². The first-order valence-electron chi connectivity index (χ1n) is 32.0. The van der Waals surface area contributed by atoms with Crippen molar-refractivity contribution in [3.8, 4) is 0 Å². The summed E-state index contributed by atoms with van der Waals surface area (Å²) in [6.07, 6.45) is 35.2. The molecule has 0 aliphatic rings. The summed E-state index contributed by atoms with van der Waals surface area (Å²) in [7, 11) is -9.87. The van der Waals surface area contributed by atoms with Crippen molar-refractivity contribution in [3.63, 3.8) is 0 Å². The Labute approximate surface area is 486 Å². The molecule has 80 heavy (non-hydrogen) atoms. The number of ether oxygens (including phenoxy) is 4. The molecule has 0 heterocycles. The predicted molar refractivity (Wildman–Crippen MR) is 317 cm³/mol. The molecule has 0 bridgehead atoms. The van der Waals surface area contributed by atoms with Crippen molar-refractivity contribution >= 4 is 39.5 Å². The number of phosphoric ester groups is 2. The number of aliphatic hydroxyl groups excluding tert-OH is 1. The number of rotatable bonds is 60. The highest BCUT2D eigenvalue weighted by atomic mass is 31.2. The van der Waals surface area contributed by atoms with Gasteiger partial charge in [-0.1, -0.05) is 247 Å². The second-order valence-electron chi connectivity index (χ2n) is 22.8. The SMILES string of the molecule is CCCCCCCCCCCCC(=O)O[C@H](COC(=O)CCCCCCC)COP(=O)(O)OC[C@H](O)COP(=O)(O)OC[C@@H](COC(=O)CCCCCCCCC(C)CC)OC(=O)CCCCCCCCCCCCCCC(C)C. The highest BCUT2D eigenvalue weighted by Gasteiger charge is 2.30. The molecule has 0 aromatic heterocycles. The molecule has 3 unspecified atom stereocenters. The summed E-state index contributed by atoms with van der Waals surface area (Å²) < 4.78 is 67.7. The summed E-state index contributed by atoms with van der Waals surface area (Å²) in [5.41, 5.74) is 0. The Balaban J connectivity index is 5.18. The lowest BCUT2D eigenvalue weighted by Gasteiger charge is -2.21. The van der Waals surface area contributed by atoms with E-state index in [2.05, 4.69) is 41.5 Å². The first-order chi connectivity index (χ1) is 38.4. The molecule has 0 saturated carbocycles. The number of unbranched alkanes of at least 4 members (excludes halogenated alkanes) is 29. The second-order valence-corrected chi connectivity index (χ2v) is 25.7. The van der Waals surface area contributed by atoms with Crippen LogP contribution >= 0.6 is 15.6 Å². The second kappa shape index (κ2) is 53.8. The van der Waals surface area contributed by atoms with Crippen molar-refractivity contribution in [2.45, 2.75) is 317 Å². The summed E-state index contributed by atoms with van der Waals surface area (Å²) in [6, 6.07) is 0. The average molecular weight is 1190 g/mol. The largest absolute Gasteiger partial charge is 0.472 e. The van der Waals surface area contributed by atoms with E-state index in [0.29, 0.717) is 25.7 Å². The number of phosphoric acid groups is 2. The lowest BCUT2D eigenvalue weighted by Crippen LogP contribution is -2.30. The summed E-state index contributed by atoms with van der Waals surface area (Å²) in [6.45, 7) is 9.35. The lowest BCUT2D eigenvalue weighted by molar-refractivity contribution is -0.161. The zero-order valence-electron chi connectivity index (χ0n) is 51.4. The van der Waals surface area contributed by atoms with Gasteiger partial charge in [-0.2, -0.15) is 0 Å². The maximum Gasteiger partial charge on any atom is 0.472 e. The number of hydrogen-bond acceptors (Lipinski definition) is 15. The van der Waals surface area contributed by atoms with E-state index in [-0.39, 0.29) is 25.7 Å². The third-order valence-electron chi connectivity index (χ3n) is 14.3. The molecule has 3 N–H and O–H groups in total. The molecule has 0 fully saturated rings. The van der Waals surface area contributed by atoms with Crippen molar-refractivity contribution in [2.75, 3.05) is 39.6 Å². The number of aliphatic hydroxyl groups is 1. The maximum atomic E-state index is 12.9. The molecule has 0 radical (unpaired) electrons. The Morgan fingerprint density at radius 2 is 0.637 bits per heavy atom. The van der Waals surface area contributed by atoms with E-state index in [0.717, 1.165) is 115 Å². The van der Waals surface area contributed by atoms with Crippen LogP contribution in [0.2, 0.25) is 0 Å². The summed E-state index contributed by atoms with van der Waals surface area (Å²) in [5, 5.41) is 10.5. The van der Waals surface area contributed by atoms with Crippen LogP contribution in [0.5, 0.6) is 0 Å². The minimum Gasteiger partial charge on any atom is -0.462 e. The van der Waals surface area contributed by atoms with Crippen molar-refractivity contribution in [1.82, 2.24) is 0 Å². The first kappa shape index (κ1) is 78.1. The van der Waals surface area contributed by atoms with Gasteiger partial charge in [0.1, 0.15) is 19.3 Å². The maximum absolute atomic E-state index is 12.9. The standard InChI is InChI=1S/C61H118O17P2/c1-7-10-12-14-15-16-22-25-33-39-45-60(65)77-56(49-71-58(63)43-37-29-13-11-8-2)51-75-79(67,68)73-47-55(62)48-74-80(69,70)76-52-57(50-72-59(64)44-38-32-28-27-31-36-42-54(6)9-3)78-61(66)46-40-34-26-23-20-18-17-19-21-24-30-35-41-53(4)5/h53-57,62H,7-52H2,1-6H3,(H,67,68)(H,69,70)/t54?,55-,56+,57+/m0/s1. The normalized spacial score (nSPS) is 14.7. The average Bonchev–Trinajstić information content (AvgIpc) is 3.42. The third-order valence-corrected chi connectivity index (χ3v) is 16.2. The van der Waals surface area contributed by atoms with Crippen LogP contribution < -0.4 is 0 Å². The van der Waals surface area contributed by atoms with Gasteiger partial charge in [0.15, 0.2) is 12.2 Å². The predicted octanol–water partition coefficient (Wildman–Crippen LogP) is 16.5. The third kappa shape index (κ3) is 54.0. The molecule has 0 saturated heterocycles. The van der Waals surface area contributed by atoms with E-state index >= 15 is 0 Å². The highest BCUT2D eigenvalue weighted by Crippen LogP contribution is 2.45. The molecule has 0 aromatic carbocycles. The zero-order valence-corrected chi connectivity index (χ0v) is 53.2. The topological polar surface area (TPSA) is 237 Å². The molecule has 0 aliphatic carbocycles. The van der Waals surface area contributed by atoms with E-state index in [4.69, 9.17) is 37.0 Å². The van der Waals surface area contributed by atoms with Gasteiger partial charge in [-0.3, -0.25) is 37.3 Å². The molecule has 0 aliphatic heterocycles. The Kier molecular flexibility index (Phi) is 52.5. The van der Waals surface area contributed by atoms with Crippen LogP contribution in [0.1, 0.15) is 298 Å². The highest BCUT2D eigenvalue weighted by molar-refractivity contribution is 7.47. The van der Waals surface area contributed by atoms with E-state index in [9.17, 15) is 43.2 Å². The van der Waals surface area contributed by atoms with Gasteiger partial charge in [0, 0.05) is 25.7 Å². The lowest BCUT2D eigenvalue weighted by atomic mass is 10.00. The fourth-order valence-electron chi connectivity index (χ4n) is 8.97. The van der Waals surface area contributed by atoms with Gasteiger partial charge >= 0.3 is 39.5 Å². The number of esters is 4. The molecule has 0 amide bonds. The van der Waals surface area contributed by atoms with Gasteiger partial charge in [-0.15, -0.1) is 0 Å². The van der Waals surface area contributed by atoms with Gasteiger partial charge in [0.05, 0.1) is 26.4 Å². The number of carbonyl (C=O) groups is 4. The first-order valence-corrected chi connectivity index (χ1v) is 35.0. The Morgan fingerprint density at radius 1 is 0.362 bits per heavy atom. The summed E-state index contributed by atoms with van der Waals surface area (Å²) in [4.78, 5) is 71.8. The molecular weight excluding hydrogens is 1070 g/mol. The van der Waals surface area contributed by atoms with Gasteiger partial charge in [-0.05, 0) is 37.5 Å². The van der Waals surface area contributed by atoms with Crippen LogP contribution in [0.4, 0.5) is 0 Å². The van der Waals surface area contributed by atoms with Gasteiger partial charge in [-0.25, -0.2) is 9.13 Å². The van der Waals surface area contributed by atoms with Crippen LogP contribution in [0.25, 0.3) is 0 Å². The Bertz CT molecular complexity index is 1580. The quantitative estimate of drug-likeness (QED) is 0.0222. The van der Waals surface area contributed by atoms with Crippen molar-refractivity contribution in [2.24, 2.45) is 11.8 Å². The van der Waals surface area contributed by atoms with Crippen LogP contribution in [0.3, 0.4) is 0 Å². The molecule has 474 valence electrons. The van der Waals surface area contributed by atoms with Crippen LogP contribution in [-0.2, 0) is 65.4 Å². The van der Waals surface area contributed by atoms with Crippen molar-refractivity contribution < 1.29 is 80.2 Å². The molecule has 17 nitrogen and oxygen atoms in total. The van der Waals surface area contributed by atoms with E-state index in [1.807, 2.05) is 0 Å². The molecule has 19 heteroatoms. The molecular formula is C61H118O17P2. The van der Waals surface area contributed by atoms with E-state index in [1.165, 1.54) is 103 Å².